The van der Waals surface area contributed by atoms with Crippen LogP contribution >= 0.6 is 0 Å². The first-order valence-corrected chi connectivity index (χ1v) is 7.76. The summed E-state index contributed by atoms with van der Waals surface area (Å²) in [6.45, 7) is 0.867. The van der Waals surface area contributed by atoms with E-state index < -0.39 is 11.8 Å². The molecule has 4 N–H and O–H groups in total. The Bertz CT molecular complexity index is 991. The van der Waals surface area contributed by atoms with Crippen LogP contribution < -0.4 is 5.73 Å². The first-order chi connectivity index (χ1) is 12.0. The number of hydrogen-bond donors (Lipinski definition) is 3. The fourth-order valence-corrected chi connectivity index (χ4v) is 3.10. The number of H-pyrrole nitrogens is 1. The van der Waals surface area contributed by atoms with Gasteiger partial charge >= 0.3 is 11.8 Å². The van der Waals surface area contributed by atoms with Crippen LogP contribution in [-0.4, -0.2) is 50.1 Å². The van der Waals surface area contributed by atoms with Crippen molar-refractivity contribution in [2.24, 2.45) is 5.73 Å². The fourth-order valence-electron chi connectivity index (χ4n) is 3.10. The molecule has 8 nitrogen and oxygen atoms in total. The van der Waals surface area contributed by atoms with E-state index in [1.165, 1.54) is 4.90 Å². The molecule has 1 aromatic carbocycles. The van der Waals surface area contributed by atoms with Crippen LogP contribution in [0.3, 0.4) is 0 Å². The Morgan fingerprint density at radius 1 is 1.24 bits per heavy atom. The molecule has 0 atom stereocenters. The summed E-state index contributed by atoms with van der Waals surface area (Å²) in [5, 5.41) is 19.2. The van der Waals surface area contributed by atoms with Gasteiger partial charge in [-0.25, -0.2) is 0 Å². The van der Waals surface area contributed by atoms with Crippen molar-refractivity contribution >= 4 is 22.8 Å². The summed E-state index contributed by atoms with van der Waals surface area (Å²) in [5.41, 5.74) is 7.82. The molecule has 4 rings (SSSR count). The quantitative estimate of drug-likeness (QED) is 0.595. The number of phenolic OH excluding ortho intramolecular Hbond substituents is 1. The number of carbonyl (C=O) groups excluding carboxylic acids is 2. The predicted octanol–water partition coefficient (Wildman–Crippen LogP) is 0.742. The smallest absolute Gasteiger partial charge is 0.311 e. The minimum Gasteiger partial charge on any atom is -0.507 e. The second-order valence-corrected chi connectivity index (χ2v) is 6.02. The van der Waals surface area contributed by atoms with Crippen molar-refractivity contribution in [3.8, 4) is 17.0 Å². The Hall–Kier alpha value is -3.42. The minimum atomic E-state index is -0.940. The zero-order valence-corrected chi connectivity index (χ0v) is 13.1. The SMILES string of the molecule is NC(=O)C(=O)N1CC(c2c[nH]c3nnc(-c4ccccc4O)cc23)C1. The first-order valence-electron chi connectivity index (χ1n) is 7.76. The maximum Gasteiger partial charge on any atom is 0.311 e. The Morgan fingerprint density at radius 3 is 2.72 bits per heavy atom. The molecule has 0 spiro atoms. The van der Waals surface area contributed by atoms with Crippen LogP contribution in [0.15, 0.2) is 36.5 Å². The van der Waals surface area contributed by atoms with Crippen molar-refractivity contribution < 1.29 is 14.7 Å². The second kappa shape index (κ2) is 5.59. The van der Waals surface area contributed by atoms with Gasteiger partial charge in [-0.2, -0.15) is 0 Å². The normalized spacial score (nSPS) is 14.5. The molecule has 1 saturated heterocycles. The number of hydrogen-bond acceptors (Lipinski definition) is 5. The van der Waals surface area contributed by atoms with E-state index in [1.54, 1.807) is 18.2 Å². The van der Waals surface area contributed by atoms with E-state index in [-0.39, 0.29) is 11.7 Å². The standard InChI is InChI=1S/C17H15N5O3/c18-15(24)17(25)22-7-9(8-22)12-6-19-16-11(12)5-13(20-21-16)10-3-1-2-4-14(10)23/h1-6,9,23H,7-8H2,(H2,18,24)(H,19,21). The van der Waals surface area contributed by atoms with Gasteiger partial charge in [0.25, 0.3) is 0 Å². The Labute approximate surface area is 142 Å². The van der Waals surface area contributed by atoms with Gasteiger partial charge in [-0.1, -0.05) is 12.1 Å². The van der Waals surface area contributed by atoms with E-state index in [4.69, 9.17) is 5.73 Å². The zero-order valence-electron chi connectivity index (χ0n) is 13.1. The summed E-state index contributed by atoms with van der Waals surface area (Å²) in [7, 11) is 0. The molecule has 0 unspecified atom stereocenters. The summed E-state index contributed by atoms with van der Waals surface area (Å²) >= 11 is 0. The van der Waals surface area contributed by atoms with Crippen molar-refractivity contribution in [2.75, 3.05) is 13.1 Å². The first kappa shape index (κ1) is 15.1. The molecule has 0 bridgehead atoms. The van der Waals surface area contributed by atoms with Crippen molar-refractivity contribution in [2.45, 2.75) is 5.92 Å². The number of nitrogens with one attached hydrogen (secondary N) is 1. The van der Waals surface area contributed by atoms with Gasteiger partial charge in [-0.3, -0.25) is 9.59 Å². The molecule has 1 aliphatic heterocycles. The van der Waals surface area contributed by atoms with Crippen LogP contribution in [0.4, 0.5) is 0 Å². The highest BCUT2D eigenvalue weighted by atomic mass is 16.3. The van der Waals surface area contributed by atoms with Crippen molar-refractivity contribution in [3.63, 3.8) is 0 Å². The highest BCUT2D eigenvalue weighted by molar-refractivity contribution is 6.34. The van der Waals surface area contributed by atoms with Gasteiger partial charge in [-0.05, 0) is 23.8 Å². The number of aromatic hydroxyl groups is 1. The number of benzene rings is 1. The van der Waals surface area contributed by atoms with Crippen molar-refractivity contribution in [1.82, 2.24) is 20.1 Å². The lowest BCUT2D eigenvalue weighted by molar-refractivity contribution is -0.147. The van der Waals surface area contributed by atoms with Crippen LogP contribution in [-0.2, 0) is 9.59 Å². The summed E-state index contributed by atoms with van der Waals surface area (Å²) in [5.74, 6) is -1.37. The van der Waals surface area contributed by atoms with E-state index in [9.17, 15) is 14.7 Å². The van der Waals surface area contributed by atoms with E-state index in [2.05, 4.69) is 15.2 Å². The number of likely N-dealkylation sites (tertiary alicyclic amines) is 1. The molecule has 0 saturated carbocycles. The van der Waals surface area contributed by atoms with Crippen molar-refractivity contribution in [1.29, 1.82) is 0 Å². The second-order valence-electron chi connectivity index (χ2n) is 6.02. The topological polar surface area (TPSA) is 125 Å². The van der Waals surface area contributed by atoms with Gasteiger partial charge < -0.3 is 20.7 Å². The third-order valence-corrected chi connectivity index (χ3v) is 4.47. The monoisotopic (exact) mass is 337 g/mol. The van der Waals surface area contributed by atoms with Gasteiger partial charge in [0.1, 0.15) is 5.75 Å². The number of phenols is 1. The lowest BCUT2D eigenvalue weighted by atomic mass is 9.91. The molecule has 126 valence electrons. The van der Waals surface area contributed by atoms with Gasteiger partial charge in [0.2, 0.25) is 0 Å². The molecule has 1 fully saturated rings. The number of para-hydroxylation sites is 1. The summed E-state index contributed by atoms with van der Waals surface area (Å²) in [6, 6.07) is 8.79. The predicted molar refractivity (Wildman–Crippen MR) is 89.5 cm³/mol. The van der Waals surface area contributed by atoms with Gasteiger partial charge in [-0.15, -0.1) is 10.2 Å². The third kappa shape index (κ3) is 2.47. The van der Waals surface area contributed by atoms with E-state index >= 15 is 0 Å². The molecule has 3 heterocycles. The summed E-state index contributed by atoms with van der Waals surface area (Å²) in [6.07, 6.45) is 1.84. The Balaban J connectivity index is 1.66. The number of carbonyl (C=O) groups is 2. The Morgan fingerprint density at radius 2 is 2.00 bits per heavy atom. The molecule has 0 radical (unpaired) electrons. The summed E-state index contributed by atoms with van der Waals surface area (Å²) < 4.78 is 0. The van der Waals surface area contributed by atoms with Gasteiger partial charge in [0.15, 0.2) is 5.65 Å². The molecule has 2 amide bonds. The Kier molecular flexibility index (Phi) is 3.38. The number of rotatable bonds is 2. The lowest BCUT2D eigenvalue weighted by Gasteiger charge is -2.38. The lowest BCUT2D eigenvalue weighted by Crippen LogP contribution is -2.52. The number of primary amides is 1. The van der Waals surface area contributed by atoms with E-state index in [0.29, 0.717) is 30.0 Å². The molecule has 2 aromatic heterocycles. The number of amides is 2. The highest BCUT2D eigenvalue weighted by Gasteiger charge is 2.35. The fraction of sp³-hybridized carbons (Fsp3) is 0.176. The van der Waals surface area contributed by atoms with Crippen LogP contribution in [0.1, 0.15) is 11.5 Å². The number of aromatic nitrogens is 3. The van der Waals surface area contributed by atoms with Crippen LogP contribution in [0.5, 0.6) is 5.75 Å². The molecule has 1 aliphatic rings. The highest BCUT2D eigenvalue weighted by Crippen LogP contribution is 2.34. The maximum atomic E-state index is 11.6. The van der Waals surface area contributed by atoms with Crippen molar-refractivity contribution in [3.05, 3.63) is 42.1 Å². The number of nitrogens with zero attached hydrogens (tertiary/aromatic N) is 3. The number of aromatic amines is 1. The van der Waals surface area contributed by atoms with Gasteiger partial charge in [0, 0.05) is 36.2 Å². The average Bonchev–Trinajstić information content (AvgIpc) is 2.97. The zero-order chi connectivity index (χ0) is 17.6. The number of nitrogens with two attached hydrogens (primary N) is 1. The molecule has 3 aromatic rings. The van der Waals surface area contributed by atoms with Gasteiger partial charge in [0.05, 0.1) is 5.69 Å². The minimum absolute atomic E-state index is 0.0958. The average molecular weight is 337 g/mol. The molecular weight excluding hydrogens is 322 g/mol. The maximum absolute atomic E-state index is 11.6. The summed E-state index contributed by atoms with van der Waals surface area (Å²) in [4.78, 5) is 27.0. The number of fused-ring (bicyclic) bond motifs is 1. The molecule has 0 aliphatic carbocycles. The van der Waals surface area contributed by atoms with Crippen LogP contribution in [0.2, 0.25) is 0 Å². The largest absolute Gasteiger partial charge is 0.507 e. The molecule has 8 heteroatoms. The van der Waals surface area contributed by atoms with Crippen LogP contribution in [0.25, 0.3) is 22.3 Å². The van der Waals surface area contributed by atoms with E-state index in [1.807, 2.05) is 18.3 Å². The molecular formula is C17H15N5O3. The van der Waals surface area contributed by atoms with E-state index in [0.717, 1.165) is 10.9 Å². The molecule has 25 heavy (non-hydrogen) atoms. The van der Waals surface area contributed by atoms with Crippen LogP contribution in [0, 0.1) is 0 Å². The third-order valence-electron chi connectivity index (χ3n) is 4.47.